The van der Waals surface area contributed by atoms with Crippen LogP contribution in [-0.2, 0) is 14.3 Å². The molecule has 146 valence electrons. The number of carbonyl (C=O) groups excluding carboxylic acids is 3. The second-order valence-electron chi connectivity index (χ2n) is 5.83. The van der Waals surface area contributed by atoms with Crippen LogP contribution in [0.5, 0.6) is 0 Å². The van der Waals surface area contributed by atoms with Crippen molar-refractivity contribution < 1.29 is 28.8 Å². The molecule has 1 aromatic carbocycles. The van der Waals surface area contributed by atoms with Gasteiger partial charge < -0.3 is 14.5 Å². The summed E-state index contributed by atoms with van der Waals surface area (Å²) in [7, 11) is 1.24. The third-order valence-electron chi connectivity index (χ3n) is 3.97. The largest absolute Gasteiger partial charge is 0.465 e. The molecule has 0 aliphatic rings. The smallest absolute Gasteiger partial charge is 0.339 e. The van der Waals surface area contributed by atoms with Crippen molar-refractivity contribution >= 4 is 29.5 Å². The van der Waals surface area contributed by atoms with Gasteiger partial charge in [-0.15, -0.1) is 0 Å². The summed E-state index contributed by atoms with van der Waals surface area (Å²) in [4.78, 5) is 48.7. The second-order valence-corrected chi connectivity index (χ2v) is 5.83. The maximum atomic E-state index is 12.3. The minimum Gasteiger partial charge on any atom is -0.465 e. The molecule has 0 saturated carbocycles. The second kappa shape index (κ2) is 8.76. The van der Waals surface area contributed by atoms with Gasteiger partial charge in [-0.2, -0.15) is 0 Å². The van der Waals surface area contributed by atoms with Crippen LogP contribution in [0.3, 0.4) is 0 Å². The number of aromatic nitrogens is 1. The van der Waals surface area contributed by atoms with Gasteiger partial charge in [0.05, 0.1) is 23.3 Å². The summed E-state index contributed by atoms with van der Waals surface area (Å²) in [6.07, 6.45) is 2.52. The molecule has 28 heavy (non-hydrogen) atoms. The first kappa shape index (κ1) is 20.6. The Morgan fingerprint density at radius 3 is 2.39 bits per heavy atom. The molecule has 0 amide bonds. The molecular formula is C19H18N2O7. The summed E-state index contributed by atoms with van der Waals surface area (Å²) in [6, 6.07) is 5.58. The van der Waals surface area contributed by atoms with E-state index in [1.165, 1.54) is 37.5 Å². The standard InChI is InChI=1S/C19H18N2O7/c1-11-17(19(24)27-3)12(2)20-18(11)15(22)10-28-16(23)9-6-13-4-7-14(8-5-13)21(25)26/h4-9,20H,10H2,1-3H3/b9-6+. The van der Waals surface area contributed by atoms with Crippen LogP contribution in [-0.4, -0.2) is 41.3 Å². The molecule has 2 rings (SSSR count). The van der Waals surface area contributed by atoms with Gasteiger partial charge in [-0.05, 0) is 43.2 Å². The van der Waals surface area contributed by atoms with E-state index in [9.17, 15) is 24.5 Å². The Balaban J connectivity index is 1.98. The fourth-order valence-corrected chi connectivity index (χ4v) is 2.57. The van der Waals surface area contributed by atoms with Gasteiger partial charge in [0.25, 0.3) is 5.69 Å². The molecule has 0 unspecified atom stereocenters. The zero-order chi connectivity index (χ0) is 20.8. The summed E-state index contributed by atoms with van der Waals surface area (Å²) < 4.78 is 9.59. The zero-order valence-corrected chi connectivity index (χ0v) is 15.5. The number of hydrogen-bond donors (Lipinski definition) is 1. The van der Waals surface area contributed by atoms with E-state index in [2.05, 4.69) is 9.72 Å². The van der Waals surface area contributed by atoms with Crippen molar-refractivity contribution in [1.82, 2.24) is 4.98 Å². The average molecular weight is 386 g/mol. The summed E-state index contributed by atoms with van der Waals surface area (Å²) in [5.41, 5.74) is 1.85. The van der Waals surface area contributed by atoms with Crippen molar-refractivity contribution in [2.45, 2.75) is 13.8 Å². The van der Waals surface area contributed by atoms with Gasteiger partial charge in [0.15, 0.2) is 6.61 Å². The number of ether oxygens (including phenoxy) is 2. The Morgan fingerprint density at radius 1 is 1.18 bits per heavy atom. The van der Waals surface area contributed by atoms with Crippen LogP contribution in [0.1, 0.15) is 37.7 Å². The van der Waals surface area contributed by atoms with Crippen LogP contribution in [0.25, 0.3) is 6.08 Å². The fourth-order valence-electron chi connectivity index (χ4n) is 2.57. The molecular weight excluding hydrogens is 368 g/mol. The van der Waals surface area contributed by atoms with Crippen molar-refractivity contribution in [3.05, 3.63) is 68.5 Å². The van der Waals surface area contributed by atoms with Gasteiger partial charge in [0.2, 0.25) is 5.78 Å². The highest BCUT2D eigenvalue weighted by Crippen LogP contribution is 2.19. The summed E-state index contributed by atoms with van der Waals surface area (Å²) in [5, 5.41) is 10.6. The van der Waals surface area contributed by atoms with Gasteiger partial charge in [0.1, 0.15) is 0 Å². The van der Waals surface area contributed by atoms with Crippen LogP contribution >= 0.6 is 0 Å². The molecule has 0 atom stereocenters. The van der Waals surface area contributed by atoms with Crippen molar-refractivity contribution in [2.75, 3.05) is 13.7 Å². The number of nitrogens with one attached hydrogen (secondary N) is 1. The van der Waals surface area contributed by atoms with Crippen LogP contribution in [0, 0.1) is 24.0 Å². The van der Waals surface area contributed by atoms with Crippen LogP contribution in [0.2, 0.25) is 0 Å². The number of benzene rings is 1. The third-order valence-corrected chi connectivity index (χ3v) is 3.97. The zero-order valence-electron chi connectivity index (χ0n) is 15.5. The number of Topliss-reactive ketones (excluding diaryl/α,β-unsaturated/α-hetero) is 1. The summed E-state index contributed by atoms with van der Waals surface area (Å²) >= 11 is 0. The number of non-ortho nitro benzene ring substituents is 1. The van der Waals surface area contributed by atoms with Crippen molar-refractivity contribution in [1.29, 1.82) is 0 Å². The number of nitrogens with zero attached hydrogens (tertiary/aromatic N) is 1. The Morgan fingerprint density at radius 2 is 1.82 bits per heavy atom. The minimum atomic E-state index is -0.749. The fraction of sp³-hybridized carbons (Fsp3) is 0.211. The van der Waals surface area contributed by atoms with E-state index in [1.54, 1.807) is 13.8 Å². The first-order valence-corrected chi connectivity index (χ1v) is 8.14. The van der Waals surface area contributed by atoms with E-state index >= 15 is 0 Å². The molecule has 9 nitrogen and oxygen atoms in total. The lowest BCUT2D eigenvalue weighted by molar-refractivity contribution is -0.384. The van der Waals surface area contributed by atoms with E-state index in [4.69, 9.17) is 4.74 Å². The number of methoxy groups -OCH3 is 1. The maximum Gasteiger partial charge on any atom is 0.339 e. The van der Waals surface area contributed by atoms with Crippen LogP contribution in [0.4, 0.5) is 5.69 Å². The average Bonchev–Trinajstić information content (AvgIpc) is 2.98. The number of esters is 2. The van der Waals surface area contributed by atoms with Gasteiger partial charge in [0, 0.05) is 23.9 Å². The predicted octanol–water partition coefficient (Wildman–Crippen LogP) is 2.77. The SMILES string of the molecule is COC(=O)c1c(C)[nH]c(C(=O)COC(=O)/C=C/c2ccc([N+](=O)[O-])cc2)c1C. The molecule has 0 saturated heterocycles. The topological polar surface area (TPSA) is 129 Å². The third kappa shape index (κ3) is 4.70. The van der Waals surface area contributed by atoms with Crippen LogP contribution < -0.4 is 0 Å². The quantitative estimate of drug-likeness (QED) is 0.255. The maximum absolute atomic E-state index is 12.3. The number of H-pyrrole nitrogens is 1. The molecule has 0 bridgehead atoms. The molecule has 0 aliphatic carbocycles. The van der Waals surface area contributed by atoms with E-state index in [0.29, 0.717) is 16.8 Å². The number of rotatable bonds is 7. The van der Waals surface area contributed by atoms with E-state index in [0.717, 1.165) is 6.08 Å². The van der Waals surface area contributed by atoms with Crippen molar-refractivity contribution in [3.8, 4) is 0 Å². The van der Waals surface area contributed by atoms with Gasteiger partial charge in [-0.25, -0.2) is 9.59 Å². The molecule has 2 aromatic rings. The van der Waals surface area contributed by atoms with Gasteiger partial charge >= 0.3 is 11.9 Å². The van der Waals surface area contributed by atoms with Gasteiger partial charge in [-0.1, -0.05) is 0 Å². The highest BCUT2D eigenvalue weighted by molar-refractivity contribution is 6.02. The highest BCUT2D eigenvalue weighted by atomic mass is 16.6. The molecule has 0 aliphatic heterocycles. The number of hydrogen-bond acceptors (Lipinski definition) is 7. The first-order chi connectivity index (χ1) is 13.2. The highest BCUT2D eigenvalue weighted by Gasteiger charge is 2.22. The Hall–Kier alpha value is -3.75. The Bertz CT molecular complexity index is 955. The lowest BCUT2D eigenvalue weighted by Gasteiger charge is -2.02. The van der Waals surface area contributed by atoms with Crippen LogP contribution in [0.15, 0.2) is 30.3 Å². The number of aromatic amines is 1. The van der Waals surface area contributed by atoms with Gasteiger partial charge in [-0.3, -0.25) is 14.9 Å². The number of nitro benzene ring substituents is 1. The number of carbonyl (C=O) groups is 3. The van der Waals surface area contributed by atoms with E-state index in [-0.39, 0.29) is 16.9 Å². The summed E-state index contributed by atoms with van der Waals surface area (Å²) in [5.74, 6) is -1.80. The molecule has 0 spiro atoms. The summed E-state index contributed by atoms with van der Waals surface area (Å²) in [6.45, 7) is 2.72. The lowest BCUT2D eigenvalue weighted by atomic mass is 10.1. The van der Waals surface area contributed by atoms with Crippen molar-refractivity contribution in [2.24, 2.45) is 0 Å². The Labute approximate surface area is 160 Å². The monoisotopic (exact) mass is 386 g/mol. The molecule has 1 N–H and O–H groups in total. The minimum absolute atomic E-state index is 0.0618. The molecule has 9 heteroatoms. The van der Waals surface area contributed by atoms with E-state index in [1.807, 2.05) is 0 Å². The number of ketones is 1. The molecule has 0 radical (unpaired) electrons. The lowest BCUT2D eigenvalue weighted by Crippen LogP contribution is -2.14. The normalized spacial score (nSPS) is 10.7. The van der Waals surface area contributed by atoms with E-state index < -0.39 is 29.3 Å². The Kier molecular flexibility index (Phi) is 6.43. The first-order valence-electron chi connectivity index (χ1n) is 8.14. The predicted molar refractivity (Wildman–Crippen MR) is 99.0 cm³/mol. The molecule has 1 aromatic heterocycles. The number of aryl methyl sites for hydroxylation is 1. The molecule has 0 fully saturated rings. The number of nitro groups is 1. The van der Waals surface area contributed by atoms with Crippen molar-refractivity contribution in [3.63, 3.8) is 0 Å². The molecule has 1 heterocycles.